The fourth-order valence-corrected chi connectivity index (χ4v) is 3.55. The van der Waals surface area contributed by atoms with Gasteiger partial charge in [-0.15, -0.1) is 5.10 Å². The Morgan fingerprint density at radius 2 is 1.84 bits per heavy atom. The predicted molar refractivity (Wildman–Crippen MR) is 95.8 cm³/mol. The van der Waals surface area contributed by atoms with Crippen molar-refractivity contribution in [3.05, 3.63) is 35.8 Å². The van der Waals surface area contributed by atoms with E-state index in [0.717, 1.165) is 55.6 Å². The van der Waals surface area contributed by atoms with Crippen molar-refractivity contribution >= 4 is 11.8 Å². The first kappa shape index (κ1) is 16.2. The summed E-state index contributed by atoms with van der Waals surface area (Å²) in [5.74, 6) is 2.24. The van der Waals surface area contributed by atoms with Crippen molar-refractivity contribution in [2.75, 3.05) is 42.6 Å². The van der Waals surface area contributed by atoms with E-state index in [-0.39, 0.29) is 6.10 Å². The molecule has 132 valence electrons. The Balaban J connectivity index is 1.45. The minimum Gasteiger partial charge on any atom is -0.374 e. The fourth-order valence-electron chi connectivity index (χ4n) is 3.55. The predicted octanol–water partition coefficient (Wildman–Crippen LogP) is 1.62. The van der Waals surface area contributed by atoms with Crippen molar-refractivity contribution in [3.63, 3.8) is 0 Å². The molecular weight excluding hydrogens is 316 g/mol. The first-order valence-corrected chi connectivity index (χ1v) is 8.89. The van der Waals surface area contributed by atoms with Crippen LogP contribution in [0.2, 0.25) is 0 Å². The SMILES string of the molecule is Cc1cnc(N2CC[C@@H]3CN(c4ccc(C)nn4)CCO[C@@H]3C2)nc1. The molecule has 2 aliphatic heterocycles. The van der Waals surface area contributed by atoms with Gasteiger partial charge in [-0.2, -0.15) is 5.10 Å². The molecule has 2 aliphatic rings. The first-order chi connectivity index (χ1) is 12.2. The lowest BCUT2D eigenvalue weighted by Gasteiger charge is -2.38. The molecule has 0 unspecified atom stereocenters. The summed E-state index contributed by atoms with van der Waals surface area (Å²) in [5.41, 5.74) is 2.03. The summed E-state index contributed by atoms with van der Waals surface area (Å²) < 4.78 is 6.17. The van der Waals surface area contributed by atoms with Crippen molar-refractivity contribution in [2.24, 2.45) is 5.92 Å². The van der Waals surface area contributed by atoms with Crippen molar-refractivity contribution in [2.45, 2.75) is 26.4 Å². The topological polar surface area (TPSA) is 67.3 Å². The van der Waals surface area contributed by atoms with Crippen LogP contribution in [0.15, 0.2) is 24.5 Å². The van der Waals surface area contributed by atoms with Gasteiger partial charge >= 0.3 is 0 Å². The molecule has 2 atom stereocenters. The molecule has 7 nitrogen and oxygen atoms in total. The molecule has 4 rings (SSSR count). The highest BCUT2D eigenvalue weighted by Crippen LogP contribution is 2.27. The van der Waals surface area contributed by atoms with Crippen LogP contribution in [-0.2, 0) is 4.74 Å². The zero-order valence-electron chi connectivity index (χ0n) is 14.8. The summed E-state index contributed by atoms with van der Waals surface area (Å²) in [7, 11) is 0. The Morgan fingerprint density at radius 3 is 2.60 bits per heavy atom. The zero-order valence-corrected chi connectivity index (χ0v) is 14.8. The van der Waals surface area contributed by atoms with Gasteiger partial charge in [0.25, 0.3) is 0 Å². The van der Waals surface area contributed by atoms with Crippen LogP contribution >= 0.6 is 0 Å². The summed E-state index contributed by atoms with van der Waals surface area (Å²) in [5, 5.41) is 8.53. The fraction of sp³-hybridized carbons (Fsp3) is 0.556. The Labute approximate surface area is 148 Å². The van der Waals surface area contributed by atoms with Gasteiger partial charge in [-0.05, 0) is 38.0 Å². The minimum atomic E-state index is 0.210. The number of rotatable bonds is 2. The normalized spacial score (nSPS) is 23.9. The molecule has 2 saturated heterocycles. The molecule has 2 aromatic heterocycles. The first-order valence-electron chi connectivity index (χ1n) is 8.89. The number of anilines is 2. The second-order valence-corrected chi connectivity index (χ2v) is 6.94. The average molecular weight is 340 g/mol. The number of piperidine rings is 1. The number of hydrogen-bond donors (Lipinski definition) is 0. The largest absolute Gasteiger partial charge is 0.374 e. The second-order valence-electron chi connectivity index (χ2n) is 6.94. The lowest BCUT2D eigenvalue weighted by molar-refractivity contribution is 0.0249. The number of ether oxygens (including phenoxy) is 1. The van der Waals surface area contributed by atoms with E-state index in [1.807, 2.05) is 32.3 Å². The van der Waals surface area contributed by atoms with Crippen molar-refractivity contribution < 1.29 is 4.74 Å². The van der Waals surface area contributed by atoms with E-state index in [1.165, 1.54) is 0 Å². The van der Waals surface area contributed by atoms with E-state index in [2.05, 4.69) is 36.0 Å². The highest BCUT2D eigenvalue weighted by atomic mass is 16.5. The molecule has 0 aliphatic carbocycles. The third-order valence-electron chi connectivity index (χ3n) is 5.00. The summed E-state index contributed by atoms with van der Waals surface area (Å²) in [4.78, 5) is 13.5. The van der Waals surface area contributed by atoms with E-state index in [0.29, 0.717) is 12.5 Å². The van der Waals surface area contributed by atoms with Crippen LogP contribution in [0.3, 0.4) is 0 Å². The number of nitrogens with zero attached hydrogens (tertiary/aromatic N) is 6. The number of fused-ring (bicyclic) bond motifs is 1. The van der Waals surface area contributed by atoms with E-state index in [1.54, 1.807) is 0 Å². The number of hydrogen-bond acceptors (Lipinski definition) is 7. The minimum absolute atomic E-state index is 0.210. The summed E-state index contributed by atoms with van der Waals surface area (Å²) in [6.45, 7) is 8.30. The van der Waals surface area contributed by atoms with Crippen molar-refractivity contribution in [3.8, 4) is 0 Å². The van der Waals surface area contributed by atoms with Crippen LogP contribution in [0.1, 0.15) is 17.7 Å². The van der Waals surface area contributed by atoms with Crippen LogP contribution in [0.4, 0.5) is 11.8 Å². The Kier molecular flexibility index (Phi) is 4.48. The van der Waals surface area contributed by atoms with E-state index in [9.17, 15) is 0 Å². The van der Waals surface area contributed by atoms with Gasteiger partial charge in [0.1, 0.15) is 0 Å². The molecular formula is C18H24N6O. The zero-order chi connectivity index (χ0) is 17.2. The third kappa shape index (κ3) is 3.56. The molecule has 4 heterocycles. The lowest BCUT2D eigenvalue weighted by Crippen LogP contribution is -2.47. The maximum atomic E-state index is 6.17. The third-order valence-corrected chi connectivity index (χ3v) is 5.00. The molecule has 0 amide bonds. The van der Waals surface area contributed by atoms with Crippen LogP contribution in [0.25, 0.3) is 0 Å². The maximum absolute atomic E-state index is 6.17. The molecule has 25 heavy (non-hydrogen) atoms. The molecule has 0 aromatic carbocycles. The second kappa shape index (κ2) is 6.92. The molecule has 0 bridgehead atoms. The molecule has 0 N–H and O–H groups in total. The Hall–Kier alpha value is -2.28. The smallest absolute Gasteiger partial charge is 0.225 e. The monoisotopic (exact) mass is 340 g/mol. The summed E-state index contributed by atoms with van der Waals surface area (Å²) in [6, 6.07) is 4.07. The highest BCUT2D eigenvalue weighted by molar-refractivity contribution is 5.38. The van der Waals surface area contributed by atoms with Crippen molar-refractivity contribution in [1.82, 2.24) is 20.2 Å². The molecule has 7 heteroatoms. The van der Waals surface area contributed by atoms with Gasteiger partial charge in [-0.1, -0.05) is 0 Å². The van der Waals surface area contributed by atoms with E-state index in [4.69, 9.17) is 4.74 Å². The highest BCUT2D eigenvalue weighted by Gasteiger charge is 2.34. The van der Waals surface area contributed by atoms with Gasteiger partial charge in [0.15, 0.2) is 5.82 Å². The quantitative estimate of drug-likeness (QED) is 0.823. The lowest BCUT2D eigenvalue weighted by atomic mass is 9.93. The van der Waals surface area contributed by atoms with Gasteiger partial charge in [0.2, 0.25) is 5.95 Å². The Bertz CT molecular complexity index is 705. The average Bonchev–Trinajstić information content (AvgIpc) is 2.85. The molecule has 0 radical (unpaired) electrons. The number of aromatic nitrogens is 4. The maximum Gasteiger partial charge on any atom is 0.225 e. The standard InChI is InChI=1S/C18H24N6O/c1-13-9-19-18(20-10-13)24-6-5-15-11-23(7-8-25-16(15)12-24)17-4-3-14(2)21-22-17/h3-4,9-10,15-16H,5-8,11-12H2,1-2H3/t15-,16-/m1/s1. The van der Waals surface area contributed by atoms with E-state index < -0.39 is 0 Å². The summed E-state index contributed by atoms with van der Waals surface area (Å²) >= 11 is 0. The van der Waals surface area contributed by atoms with Crippen LogP contribution in [-0.4, -0.2) is 59.1 Å². The number of aryl methyl sites for hydroxylation is 2. The molecule has 0 saturated carbocycles. The molecule has 0 spiro atoms. The van der Waals surface area contributed by atoms with Gasteiger partial charge in [0.05, 0.1) is 18.4 Å². The van der Waals surface area contributed by atoms with Crippen LogP contribution in [0, 0.1) is 19.8 Å². The van der Waals surface area contributed by atoms with Gasteiger partial charge < -0.3 is 14.5 Å². The molecule has 2 aromatic rings. The van der Waals surface area contributed by atoms with Crippen molar-refractivity contribution in [1.29, 1.82) is 0 Å². The van der Waals surface area contributed by atoms with Gasteiger partial charge in [-0.3, -0.25) is 0 Å². The Morgan fingerprint density at radius 1 is 1.00 bits per heavy atom. The van der Waals surface area contributed by atoms with Gasteiger partial charge in [0, 0.05) is 44.5 Å². The van der Waals surface area contributed by atoms with Crippen LogP contribution < -0.4 is 9.80 Å². The van der Waals surface area contributed by atoms with Gasteiger partial charge in [-0.25, -0.2) is 9.97 Å². The molecule has 2 fully saturated rings. The summed E-state index contributed by atoms with van der Waals surface area (Å²) in [6.07, 6.45) is 5.03. The van der Waals surface area contributed by atoms with E-state index >= 15 is 0 Å². The van der Waals surface area contributed by atoms with Crippen LogP contribution in [0.5, 0.6) is 0 Å².